The monoisotopic (exact) mass is 690 g/mol. The lowest BCUT2D eigenvalue weighted by Crippen LogP contribution is -2.58. The number of nitrogens with one attached hydrogen (secondary N) is 1. The smallest absolute Gasteiger partial charge is 0.381 e. The molecule has 5 rings (SSSR count). The van der Waals surface area contributed by atoms with Crippen molar-refractivity contribution in [3.8, 4) is 5.69 Å². The Bertz CT molecular complexity index is 1850. The zero-order valence-electron chi connectivity index (χ0n) is 25.3. The van der Waals surface area contributed by atoms with Gasteiger partial charge in [-0.3, -0.25) is 14.4 Å². The van der Waals surface area contributed by atoms with Crippen molar-refractivity contribution in [3.05, 3.63) is 87.5 Å². The van der Waals surface area contributed by atoms with E-state index in [0.717, 1.165) is 7.05 Å². The molecule has 1 aliphatic rings. The van der Waals surface area contributed by atoms with E-state index in [4.69, 9.17) is 28.9 Å². The van der Waals surface area contributed by atoms with E-state index in [1.54, 1.807) is 43.3 Å². The quantitative estimate of drug-likeness (QED) is 0.221. The van der Waals surface area contributed by atoms with Crippen molar-refractivity contribution in [1.82, 2.24) is 19.6 Å². The number of nitrogens with two attached hydrogens (primary N) is 1. The number of halogens is 5. The number of nitrogens with zero attached hydrogens (tertiary/aromatic N) is 4. The molecule has 2 heterocycles. The summed E-state index contributed by atoms with van der Waals surface area (Å²) in [4.78, 5) is 40.3. The zero-order chi connectivity index (χ0) is 34.3. The van der Waals surface area contributed by atoms with Gasteiger partial charge in [0.2, 0.25) is 5.91 Å². The molecule has 1 aromatic heterocycles. The summed E-state index contributed by atoms with van der Waals surface area (Å²) >= 11 is 12.2. The zero-order valence-corrected chi connectivity index (χ0v) is 26.8. The Morgan fingerprint density at radius 2 is 1.79 bits per heavy atom. The van der Waals surface area contributed by atoms with Crippen LogP contribution >= 0.6 is 23.2 Å². The summed E-state index contributed by atoms with van der Waals surface area (Å²) in [6.45, 7) is 0.0219. The molecular formula is C32H31Cl2F3N6O4. The van der Waals surface area contributed by atoms with Gasteiger partial charge in [0.1, 0.15) is 6.04 Å². The Labute approximate surface area is 277 Å². The SMILES string of the molecule is Cc1cc(NCC(O)(CN(C)C(=O)c2c(Cl)cccc2Cl)C(F)(F)F)c2cnn(-c3cccc(C(=O)N4CCC[C@@H]4C(N)=O)c3)c2c1. The van der Waals surface area contributed by atoms with Crippen LogP contribution in [0.3, 0.4) is 0 Å². The van der Waals surface area contributed by atoms with Crippen LogP contribution in [0.4, 0.5) is 18.9 Å². The summed E-state index contributed by atoms with van der Waals surface area (Å²) in [5.74, 6) is -1.81. The lowest BCUT2D eigenvalue weighted by atomic mass is 10.0. The summed E-state index contributed by atoms with van der Waals surface area (Å²) in [7, 11) is 1.12. The van der Waals surface area contributed by atoms with E-state index in [2.05, 4.69) is 10.4 Å². The molecule has 1 fully saturated rings. The van der Waals surface area contributed by atoms with Gasteiger partial charge in [-0.05, 0) is 67.8 Å². The van der Waals surface area contributed by atoms with E-state index in [0.29, 0.717) is 52.0 Å². The number of likely N-dealkylation sites (tertiary alicyclic amines) is 1. The summed E-state index contributed by atoms with van der Waals surface area (Å²) in [6.07, 6.45) is -2.53. The van der Waals surface area contributed by atoms with Crippen LogP contribution in [0.5, 0.6) is 0 Å². The van der Waals surface area contributed by atoms with Crippen molar-refractivity contribution in [2.45, 2.75) is 37.6 Å². The van der Waals surface area contributed by atoms with Crippen molar-refractivity contribution in [2.24, 2.45) is 5.73 Å². The van der Waals surface area contributed by atoms with Crippen LogP contribution < -0.4 is 11.1 Å². The Kier molecular flexibility index (Phi) is 9.45. The van der Waals surface area contributed by atoms with Crippen LogP contribution in [0, 0.1) is 6.92 Å². The van der Waals surface area contributed by atoms with E-state index in [-0.39, 0.29) is 27.2 Å². The van der Waals surface area contributed by atoms with E-state index >= 15 is 0 Å². The minimum atomic E-state index is -5.14. The fraction of sp³-hybridized carbons (Fsp3) is 0.312. The molecule has 0 spiro atoms. The molecule has 3 amide bonds. The molecule has 0 bridgehead atoms. The van der Waals surface area contributed by atoms with Crippen molar-refractivity contribution >= 4 is 57.5 Å². The normalized spacial score (nSPS) is 16.3. The molecule has 2 atom stereocenters. The van der Waals surface area contributed by atoms with Gasteiger partial charge in [0.05, 0.1) is 46.1 Å². The van der Waals surface area contributed by atoms with Gasteiger partial charge >= 0.3 is 6.18 Å². The van der Waals surface area contributed by atoms with E-state index in [1.807, 2.05) is 0 Å². The molecule has 0 aliphatic carbocycles. The number of rotatable bonds is 9. The highest BCUT2D eigenvalue weighted by molar-refractivity contribution is 6.39. The Hall–Kier alpha value is -4.33. The first-order valence-electron chi connectivity index (χ1n) is 14.5. The number of hydrogen-bond acceptors (Lipinski definition) is 6. The van der Waals surface area contributed by atoms with Gasteiger partial charge in [-0.15, -0.1) is 0 Å². The van der Waals surface area contributed by atoms with Gasteiger partial charge in [0.15, 0.2) is 5.60 Å². The number of aromatic nitrogens is 2. The molecule has 3 aromatic carbocycles. The molecule has 1 saturated heterocycles. The maximum absolute atomic E-state index is 14.3. The van der Waals surface area contributed by atoms with Gasteiger partial charge in [-0.1, -0.05) is 35.3 Å². The summed E-state index contributed by atoms with van der Waals surface area (Å²) in [5, 5.41) is 18.4. The largest absolute Gasteiger partial charge is 0.420 e. The maximum atomic E-state index is 14.3. The van der Waals surface area contributed by atoms with Crippen molar-refractivity contribution in [3.63, 3.8) is 0 Å². The Morgan fingerprint density at radius 3 is 2.45 bits per heavy atom. The number of aryl methyl sites for hydroxylation is 1. The number of alkyl halides is 3. The molecule has 4 aromatic rings. The Balaban J connectivity index is 1.41. The standard InChI is InChI=1S/C32H31Cl2F3N6O4/c1-18-12-24(39-16-31(47,32(35,36)37)17-41(2)30(46)27-22(33)8-4-9-23(27)34)21-15-40-43(26(21)13-18)20-7-3-6-19(14-20)29(45)42-11-5-10-25(42)28(38)44/h3-4,6-9,12-15,25,39,47H,5,10-11,16-17H2,1-2H3,(H2,38,44)/t25-,31?/m1/s1. The number of aliphatic hydroxyl groups is 1. The molecule has 15 heteroatoms. The van der Waals surface area contributed by atoms with Crippen LogP contribution in [0.25, 0.3) is 16.6 Å². The highest BCUT2D eigenvalue weighted by Crippen LogP contribution is 2.35. The van der Waals surface area contributed by atoms with Gasteiger partial charge in [-0.25, -0.2) is 4.68 Å². The average Bonchev–Trinajstić information content (AvgIpc) is 3.67. The third-order valence-corrected chi connectivity index (χ3v) is 8.76. The first-order chi connectivity index (χ1) is 22.1. The maximum Gasteiger partial charge on any atom is 0.420 e. The van der Waals surface area contributed by atoms with Crippen molar-refractivity contribution in [1.29, 1.82) is 0 Å². The predicted octanol–water partition coefficient (Wildman–Crippen LogP) is 5.21. The molecular weight excluding hydrogens is 660 g/mol. The van der Waals surface area contributed by atoms with Crippen LogP contribution in [-0.4, -0.2) is 86.9 Å². The van der Waals surface area contributed by atoms with E-state index < -0.39 is 42.7 Å². The van der Waals surface area contributed by atoms with Crippen LogP contribution in [0.1, 0.15) is 39.1 Å². The van der Waals surface area contributed by atoms with Gasteiger partial charge in [0.25, 0.3) is 11.8 Å². The number of likely N-dealkylation sites (N-methyl/N-ethyl adjacent to an activating group) is 1. The number of carbonyl (C=O) groups is 3. The van der Waals surface area contributed by atoms with E-state index in [1.165, 1.54) is 34.0 Å². The van der Waals surface area contributed by atoms with Crippen LogP contribution in [0.2, 0.25) is 10.0 Å². The minimum Gasteiger partial charge on any atom is -0.381 e. The first kappa shape index (κ1) is 34.0. The molecule has 248 valence electrons. The second-order valence-electron chi connectivity index (χ2n) is 11.6. The fourth-order valence-corrected chi connectivity index (χ4v) is 6.26. The fourth-order valence-electron chi connectivity index (χ4n) is 5.71. The lowest BCUT2D eigenvalue weighted by molar-refractivity contribution is -0.256. The highest BCUT2D eigenvalue weighted by Gasteiger charge is 2.54. The number of anilines is 1. The van der Waals surface area contributed by atoms with Gasteiger partial charge < -0.3 is 26.0 Å². The second kappa shape index (κ2) is 13.1. The van der Waals surface area contributed by atoms with Gasteiger partial charge in [0, 0.05) is 30.2 Å². The number of carbonyl (C=O) groups excluding carboxylic acids is 3. The minimum absolute atomic E-state index is 0.0389. The summed E-state index contributed by atoms with van der Waals surface area (Å²) in [5.41, 5.74) is 4.21. The number of fused-ring (bicyclic) bond motifs is 1. The van der Waals surface area contributed by atoms with Gasteiger partial charge in [-0.2, -0.15) is 18.3 Å². The predicted molar refractivity (Wildman–Crippen MR) is 172 cm³/mol. The molecule has 1 aliphatic heterocycles. The third kappa shape index (κ3) is 6.74. The average molecular weight is 692 g/mol. The Morgan fingerprint density at radius 1 is 1.11 bits per heavy atom. The van der Waals surface area contributed by atoms with Crippen LogP contribution in [-0.2, 0) is 4.79 Å². The van der Waals surface area contributed by atoms with Crippen LogP contribution in [0.15, 0.2) is 60.8 Å². The summed E-state index contributed by atoms with van der Waals surface area (Å²) in [6, 6.07) is 13.6. The number of amides is 3. The number of primary amides is 1. The van der Waals surface area contributed by atoms with Crippen molar-refractivity contribution in [2.75, 3.05) is 32.0 Å². The molecule has 1 unspecified atom stereocenters. The second-order valence-corrected chi connectivity index (χ2v) is 12.4. The molecule has 0 radical (unpaired) electrons. The molecule has 4 N–H and O–H groups in total. The third-order valence-electron chi connectivity index (χ3n) is 8.13. The molecule has 10 nitrogen and oxygen atoms in total. The lowest BCUT2D eigenvalue weighted by Gasteiger charge is -2.34. The molecule has 0 saturated carbocycles. The van der Waals surface area contributed by atoms with Crippen molar-refractivity contribution < 1.29 is 32.7 Å². The molecule has 47 heavy (non-hydrogen) atoms. The van der Waals surface area contributed by atoms with E-state index in [9.17, 15) is 32.7 Å². The first-order valence-corrected chi connectivity index (χ1v) is 15.3. The highest BCUT2D eigenvalue weighted by atomic mass is 35.5. The topological polar surface area (TPSA) is 134 Å². The summed E-state index contributed by atoms with van der Waals surface area (Å²) < 4.78 is 44.6. The number of benzene rings is 3. The number of hydrogen-bond donors (Lipinski definition) is 3.